The molecule has 8 nitrogen and oxygen atoms in total. The van der Waals surface area contributed by atoms with E-state index in [-0.39, 0.29) is 19.0 Å². The van der Waals surface area contributed by atoms with Gasteiger partial charge in [-0.05, 0) is 6.42 Å². The van der Waals surface area contributed by atoms with Crippen molar-refractivity contribution in [2.24, 2.45) is 0 Å². The number of morpholine rings is 1. The molecule has 0 aromatic rings. The molecule has 0 radical (unpaired) electrons. The molecule has 0 aromatic carbocycles. The van der Waals surface area contributed by atoms with Crippen LogP contribution in [-0.4, -0.2) is 93.6 Å². The lowest BCUT2D eigenvalue weighted by Crippen LogP contribution is -2.49. The van der Waals surface area contributed by atoms with Crippen LogP contribution < -0.4 is 4.72 Å². The van der Waals surface area contributed by atoms with Crippen LogP contribution in [0.15, 0.2) is 0 Å². The van der Waals surface area contributed by atoms with Crippen molar-refractivity contribution in [1.29, 1.82) is 0 Å². The minimum absolute atomic E-state index is 0.245. The van der Waals surface area contributed by atoms with E-state index in [1.165, 1.54) is 4.90 Å². The fourth-order valence-electron chi connectivity index (χ4n) is 2.68. The molecule has 2 fully saturated rings. The molecule has 0 saturated carbocycles. The summed E-state index contributed by atoms with van der Waals surface area (Å²) < 4.78 is 29.4. The number of hydrogen-bond donors (Lipinski definition) is 2. The number of β-amino-alcohol motifs (C(OH)–C–C–N with tert-alkyl or cyclic N) is 1. The first-order chi connectivity index (χ1) is 9.77. The zero-order valence-corrected chi connectivity index (χ0v) is 13.1. The SMILES string of the molecule is CS(=O)(=O)NCC(=O)N1CCC(O)(CN2CCOCC2)C1. The molecule has 2 aliphatic heterocycles. The Hall–Kier alpha value is -0.740. The predicted molar refractivity (Wildman–Crippen MR) is 76.3 cm³/mol. The van der Waals surface area contributed by atoms with Crippen LogP contribution in [0.4, 0.5) is 0 Å². The van der Waals surface area contributed by atoms with Crippen LogP contribution in [0.2, 0.25) is 0 Å². The molecule has 9 heteroatoms. The summed E-state index contributed by atoms with van der Waals surface area (Å²) in [6.45, 7) is 3.84. The number of likely N-dealkylation sites (tertiary alicyclic amines) is 1. The first-order valence-electron chi connectivity index (χ1n) is 7.02. The summed E-state index contributed by atoms with van der Waals surface area (Å²) in [5.74, 6) is -0.307. The summed E-state index contributed by atoms with van der Waals surface area (Å²) in [4.78, 5) is 15.6. The van der Waals surface area contributed by atoms with Gasteiger partial charge in [0.15, 0.2) is 0 Å². The van der Waals surface area contributed by atoms with Crippen LogP contribution in [0.3, 0.4) is 0 Å². The number of nitrogens with one attached hydrogen (secondary N) is 1. The maximum absolute atomic E-state index is 11.9. The fourth-order valence-corrected chi connectivity index (χ4v) is 3.06. The van der Waals surface area contributed by atoms with Gasteiger partial charge >= 0.3 is 0 Å². The average molecular weight is 321 g/mol. The third-order valence-corrected chi connectivity index (χ3v) is 4.46. The third-order valence-electron chi connectivity index (χ3n) is 3.79. The maximum atomic E-state index is 11.9. The zero-order valence-electron chi connectivity index (χ0n) is 12.2. The summed E-state index contributed by atoms with van der Waals surface area (Å²) in [5.41, 5.74) is -0.919. The minimum Gasteiger partial charge on any atom is -0.387 e. The Morgan fingerprint density at radius 2 is 2.00 bits per heavy atom. The standard InChI is InChI=1S/C12H23N3O5S/c1-21(18,19)13-8-11(16)15-3-2-12(17,10-15)9-14-4-6-20-7-5-14/h13,17H,2-10H2,1H3. The first kappa shape index (κ1) is 16.6. The smallest absolute Gasteiger partial charge is 0.237 e. The van der Waals surface area contributed by atoms with Crippen molar-refractivity contribution >= 4 is 15.9 Å². The fraction of sp³-hybridized carbons (Fsp3) is 0.917. The summed E-state index contributed by atoms with van der Waals surface area (Å²) in [5, 5.41) is 10.6. The molecular weight excluding hydrogens is 298 g/mol. The maximum Gasteiger partial charge on any atom is 0.237 e. The molecule has 2 N–H and O–H groups in total. The van der Waals surface area contributed by atoms with E-state index in [0.717, 1.165) is 19.3 Å². The molecule has 2 saturated heterocycles. The second-order valence-corrected chi connectivity index (χ2v) is 7.60. The van der Waals surface area contributed by atoms with E-state index in [1.807, 2.05) is 0 Å². The Balaban J connectivity index is 1.82. The highest BCUT2D eigenvalue weighted by molar-refractivity contribution is 7.88. The van der Waals surface area contributed by atoms with Gasteiger partial charge in [-0.3, -0.25) is 9.69 Å². The normalized spacial score (nSPS) is 28.0. The number of carbonyl (C=O) groups is 1. The van der Waals surface area contributed by atoms with Gasteiger partial charge in [-0.1, -0.05) is 0 Å². The monoisotopic (exact) mass is 321 g/mol. The quantitative estimate of drug-likeness (QED) is 0.598. The van der Waals surface area contributed by atoms with Crippen molar-refractivity contribution in [3.63, 3.8) is 0 Å². The molecule has 1 unspecified atom stereocenters. The van der Waals surface area contributed by atoms with E-state index < -0.39 is 15.6 Å². The molecule has 21 heavy (non-hydrogen) atoms. The van der Waals surface area contributed by atoms with Crippen LogP contribution in [0.5, 0.6) is 0 Å². The van der Waals surface area contributed by atoms with Gasteiger partial charge in [0.1, 0.15) is 0 Å². The van der Waals surface area contributed by atoms with Crippen LogP contribution in [0, 0.1) is 0 Å². The van der Waals surface area contributed by atoms with E-state index in [2.05, 4.69) is 9.62 Å². The lowest BCUT2D eigenvalue weighted by atomic mass is 10.0. The van der Waals surface area contributed by atoms with Gasteiger partial charge in [-0.2, -0.15) is 0 Å². The van der Waals surface area contributed by atoms with Gasteiger partial charge in [-0.25, -0.2) is 13.1 Å². The lowest BCUT2D eigenvalue weighted by Gasteiger charge is -2.33. The van der Waals surface area contributed by atoms with Gasteiger partial charge in [0.05, 0.1) is 38.2 Å². The largest absolute Gasteiger partial charge is 0.387 e. The first-order valence-corrected chi connectivity index (χ1v) is 8.91. The topological polar surface area (TPSA) is 99.2 Å². The summed E-state index contributed by atoms with van der Waals surface area (Å²) in [6, 6.07) is 0. The van der Waals surface area contributed by atoms with Crippen LogP contribution in [-0.2, 0) is 19.6 Å². The number of hydrogen-bond acceptors (Lipinski definition) is 6. The Kier molecular flexibility index (Phi) is 5.20. The van der Waals surface area contributed by atoms with Crippen molar-refractivity contribution in [2.75, 3.05) is 58.7 Å². The van der Waals surface area contributed by atoms with E-state index in [9.17, 15) is 18.3 Å². The van der Waals surface area contributed by atoms with Crippen molar-refractivity contribution in [3.8, 4) is 0 Å². The Morgan fingerprint density at radius 3 is 2.62 bits per heavy atom. The number of ether oxygens (including phenoxy) is 1. The number of sulfonamides is 1. The average Bonchev–Trinajstić information content (AvgIpc) is 2.78. The second kappa shape index (κ2) is 6.57. The number of rotatable bonds is 5. The van der Waals surface area contributed by atoms with E-state index >= 15 is 0 Å². The molecule has 2 heterocycles. The number of carbonyl (C=O) groups excluding carboxylic acids is 1. The molecule has 1 amide bonds. The third kappa shape index (κ3) is 5.19. The summed E-state index contributed by atoms with van der Waals surface area (Å²) in [7, 11) is -3.38. The lowest BCUT2D eigenvalue weighted by molar-refractivity contribution is -0.130. The predicted octanol–water partition coefficient (Wildman–Crippen LogP) is -2.17. The van der Waals surface area contributed by atoms with Crippen molar-refractivity contribution < 1.29 is 23.1 Å². The number of aliphatic hydroxyl groups is 1. The second-order valence-electron chi connectivity index (χ2n) is 5.77. The minimum atomic E-state index is -3.38. The molecule has 122 valence electrons. The molecule has 2 rings (SSSR count). The molecule has 0 aromatic heterocycles. The van der Waals surface area contributed by atoms with Gasteiger partial charge < -0.3 is 14.7 Å². The number of nitrogens with zero attached hydrogens (tertiary/aromatic N) is 2. The van der Waals surface area contributed by atoms with Gasteiger partial charge in [0.2, 0.25) is 15.9 Å². The van der Waals surface area contributed by atoms with E-state index in [1.54, 1.807) is 0 Å². The van der Waals surface area contributed by atoms with Crippen molar-refractivity contribution in [1.82, 2.24) is 14.5 Å². The van der Waals surface area contributed by atoms with Crippen molar-refractivity contribution in [3.05, 3.63) is 0 Å². The molecule has 0 aliphatic carbocycles. The molecule has 0 bridgehead atoms. The van der Waals surface area contributed by atoms with Gasteiger partial charge in [-0.15, -0.1) is 0 Å². The van der Waals surface area contributed by atoms with E-state index in [0.29, 0.717) is 32.7 Å². The zero-order chi connectivity index (χ0) is 15.5. The summed E-state index contributed by atoms with van der Waals surface area (Å²) >= 11 is 0. The van der Waals surface area contributed by atoms with Crippen LogP contribution in [0.1, 0.15) is 6.42 Å². The number of amides is 1. The Morgan fingerprint density at radius 1 is 1.33 bits per heavy atom. The summed E-state index contributed by atoms with van der Waals surface area (Å²) in [6.07, 6.45) is 1.52. The highest BCUT2D eigenvalue weighted by atomic mass is 32.2. The molecule has 0 spiro atoms. The Bertz CT molecular complexity index is 477. The van der Waals surface area contributed by atoms with Crippen LogP contribution in [0.25, 0.3) is 0 Å². The van der Waals surface area contributed by atoms with Crippen LogP contribution >= 0.6 is 0 Å². The highest BCUT2D eigenvalue weighted by Crippen LogP contribution is 2.23. The van der Waals surface area contributed by atoms with Gasteiger partial charge in [0, 0.05) is 26.2 Å². The molecule has 1 atom stereocenters. The van der Waals surface area contributed by atoms with Crippen molar-refractivity contribution in [2.45, 2.75) is 12.0 Å². The van der Waals surface area contributed by atoms with Gasteiger partial charge in [0.25, 0.3) is 0 Å². The molecular formula is C12H23N3O5S. The molecule has 2 aliphatic rings. The Labute approximate surface area is 125 Å². The highest BCUT2D eigenvalue weighted by Gasteiger charge is 2.39. The van der Waals surface area contributed by atoms with E-state index in [4.69, 9.17) is 4.74 Å².